The summed E-state index contributed by atoms with van der Waals surface area (Å²) < 4.78 is 35.3. The minimum atomic E-state index is -5.92. The van der Waals surface area contributed by atoms with Crippen LogP contribution in [-0.2, 0) is 22.3 Å². The number of phosphoric acid groups is 3. The van der Waals surface area contributed by atoms with Crippen LogP contribution in [0.15, 0.2) is 0 Å². The van der Waals surface area contributed by atoms with E-state index in [0.717, 1.165) is 0 Å². The fourth-order valence-electron chi connectivity index (χ4n) is 0.268. The summed E-state index contributed by atoms with van der Waals surface area (Å²) in [5.41, 5.74) is 0. The lowest BCUT2D eigenvalue weighted by atomic mass is 15.7. The molecule has 0 saturated carbocycles. The summed E-state index contributed by atoms with van der Waals surface area (Å²) in [4.78, 5) is 45.3. The molecule has 0 saturated heterocycles. The highest BCUT2D eigenvalue weighted by Crippen LogP contribution is 2.59. The Morgan fingerprint density at radius 3 is 1.54 bits per heavy atom. The van der Waals surface area contributed by atoms with Gasteiger partial charge in [-0.05, 0) is 0 Å². The zero-order valence-corrected chi connectivity index (χ0v) is 8.19. The van der Waals surface area contributed by atoms with Crippen LogP contribution in [0.5, 0.6) is 0 Å². The highest BCUT2D eigenvalue weighted by molar-refractivity contribution is 7.65. The van der Waals surface area contributed by atoms with E-state index in [9.17, 15) is 28.4 Å². The van der Waals surface area contributed by atoms with Gasteiger partial charge >= 0.3 is 7.82 Å². The molecule has 0 aromatic heterocycles. The molecule has 0 aromatic carbocycles. The van der Waals surface area contributed by atoms with Crippen LogP contribution in [-0.4, -0.2) is 9.79 Å². The van der Waals surface area contributed by atoms with Gasteiger partial charge in [-0.3, -0.25) is 8.88 Å². The van der Waals surface area contributed by atoms with Crippen LogP contribution in [0.3, 0.4) is 0 Å². The standard InChI is InChI=1S/H5O10P3/c1-11(2,3)9-13(7,8)10-12(4,5)6/h(H,7,8)(H2,1,2,3)(H2,4,5,6)/p-3. The Morgan fingerprint density at radius 2 is 1.31 bits per heavy atom. The van der Waals surface area contributed by atoms with Crippen molar-refractivity contribution in [2.24, 2.45) is 0 Å². The Bertz CT molecular complexity index is 272. The Labute approximate surface area is 71.2 Å². The van der Waals surface area contributed by atoms with Crippen LogP contribution in [0.4, 0.5) is 0 Å². The fourth-order valence-corrected chi connectivity index (χ4v) is 2.68. The van der Waals surface area contributed by atoms with Gasteiger partial charge in [0.1, 0.15) is 0 Å². The molecule has 10 nitrogen and oxygen atoms in total. The predicted molar refractivity (Wildman–Crippen MR) is 29.4 cm³/mol. The largest absolute Gasteiger partial charge is 0.790 e. The van der Waals surface area contributed by atoms with E-state index in [1.54, 1.807) is 0 Å². The summed E-state index contributed by atoms with van der Waals surface area (Å²) in [6, 6.07) is 0. The quantitative estimate of drug-likeness (QED) is 0.505. The summed E-state index contributed by atoms with van der Waals surface area (Å²) in [5.74, 6) is 0. The van der Waals surface area contributed by atoms with E-state index in [0.29, 0.717) is 0 Å². The molecule has 0 bridgehead atoms. The number of hydrogen-bond acceptors (Lipinski definition) is 8. The second kappa shape index (κ2) is 3.88. The van der Waals surface area contributed by atoms with Gasteiger partial charge in [-0.2, -0.15) is 0 Å². The van der Waals surface area contributed by atoms with Gasteiger partial charge in [0.15, 0.2) is 0 Å². The van der Waals surface area contributed by atoms with E-state index in [2.05, 4.69) is 8.62 Å². The zero-order valence-electron chi connectivity index (χ0n) is 5.50. The van der Waals surface area contributed by atoms with Crippen LogP contribution < -0.4 is 14.7 Å². The third kappa shape index (κ3) is 8.73. The van der Waals surface area contributed by atoms with Crippen molar-refractivity contribution >= 4 is 23.5 Å². The topological polar surface area (TPSA) is 179 Å². The molecule has 1 atom stereocenters. The Balaban J connectivity index is 4.54. The minimum Gasteiger partial charge on any atom is -0.790 e. The van der Waals surface area contributed by atoms with Gasteiger partial charge in [0.25, 0.3) is 7.82 Å². The second-order valence-corrected chi connectivity index (χ2v) is 5.62. The van der Waals surface area contributed by atoms with Crippen LogP contribution in [0.25, 0.3) is 0 Å². The summed E-state index contributed by atoms with van der Waals surface area (Å²) >= 11 is 0. The van der Waals surface area contributed by atoms with Gasteiger partial charge in [-0.15, -0.1) is 0 Å². The Kier molecular flexibility index (Phi) is 4.00. The fraction of sp³-hybridized carbons (Fsp3) is 0. The lowest BCUT2D eigenvalue weighted by Crippen LogP contribution is -2.18. The first-order chi connectivity index (χ1) is 5.41. The van der Waals surface area contributed by atoms with E-state index < -0.39 is 23.5 Å². The third-order valence-electron chi connectivity index (χ3n) is 0.406. The summed E-state index contributed by atoms with van der Waals surface area (Å²) in [6.45, 7) is 0. The molecule has 0 radical (unpaired) electrons. The van der Waals surface area contributed by atoms with E-state index in [1.165, 1.54) is 0 Å². The van der Waals surface area contributed by atoms with Crippen LogP contribution in [0, 0.1) is 0 Å². The number of hydrogen-bond donors (Lipinski definition) is 2. The van der Waals surface area contributed by atoms with E-state index in [1.807, 2.05) is 0 Å². The first-order valence-corrected chi connectivity index (χ1v) is 6.68. The second-order valence-electron chi connectivity index (χ2n) is 1.55. The maximum Gasteiger partial charge on any atom is 0.476 e. The van der Waals surface area contributed by atoms with Crippen molar-refractivity contribution < 1.29 is 46.8 Å². The van der Waals surface area contributed by atoms with Gasteiger partial charge in [-0.25, -0.2) is 8.88 Å². The molecule has 13 heavy (non-hydrogen) atoms. The molecule has 0 fully saturated rings. The average Bonchev–Trinajstić information content (AvgIpc) is 1.43. The van der Waals surface area contributed by atoms with Crippen LogP contribution in [0.1, 0.15) is 0 Å². The maximum atomic E-state index is 10.2. The molecule has 0 spiro atoms. The van der Waals surface area contributed by atoms with Crippen molar-refractivity contribution in [3.8, 4) is 0 Å². The van der Waals surface area contributed by atoms with Crippen molar-refractivity contribution in [1.82, 2.24) is 0 Å². The maximum absolute atomic E-state index is 10.2. The van der Waals surface area contributed by atoms with Gasteiger partial charge in [0.2, 0.25) is 0 Å². The van der Waals surface area contributed by atoms with Crippen molar-refractivity contribution in [1.29, 1.82) is 0 Å². The first kappa shape index (κ1) is 13.4. The van der Waals surface area contributed by atoms with Gasteiger partial charge in [-0.1, -0.05) is 0 Å². The van der Waals surface area contributed by atoms with Gasteiger partial charge < -0.3 is 29.0 Å². The monoisotopic (exact) mass is 255 g/mol. The lowest BCUT2D eigenvalue weighted by molar-refractivity contribution is -0.339. The molecule has 0 aliphatic rings. The van der Waals surface area contributed by atoms with E-state index >= 15 is 0 Å². The predicted octanol–water partition coefficient (Wildman–Crippen LogP) is -2.59. The Hall–Kier alpha value is 0.410. The molecular formula is H2O10P3-3. The smallest absolute Gasteiger partial charge is 0.476 e. The van der Waals surface area contributed by atoms with Gasteiger partial charge in [0.05, 0.1) is 7.82 Å². The third-order valence-corrected chi connectivity index (χ3v) is 3.66. The Morgan fingerprint density at radius 1 is 0.923 bits per heavy atom. The minimum absolute atomic E-state index is 2.73. The SMILES string of the molecule is O=P([O-])([O-])OP(=O)([O-])OP(=O)(O)O. The van der Waals surface area contributed by atoms with Crippen LogP contribution in [0.2, 0.25) is 0 Å². The lowest BCUT2D eigenvalue weighted by Gasteiger charge is -2.34. The zero-order chi connectivity index (χ0) is 10.9. The van der Waals surface area contributed by atoms with Crippen molar-refractivity contribution in [2.45, 2.75) is 0 Å². The first-order valence-electron chi connectivity index (χ1n) is 2.23. The molecular weight excluding hydrogens is 253 g/mol. The normalized spacial score (nSPS) is 18.2. The molecule has 2 N–H and O–H groups in total. The molecule has 80 valence electrons. The summed E-state index contributed by atoms with van der Waals surface area (Å²) in [7, 11) is -17.2. The molecule has 0 aliphatic carbocycles. The van der Waals surface area contributed by atoms with Crippen LogP contribution >= 0.6 is 23.5 Å². The van der Waals surface area contributed by atoms with Crippen molar-refractivity contribution in [3.63, 3.8) is 0 Å². The summed E-state index contributed by atoms with van der Waals surface area (Å²) in [5, 5.41) is 0. The molecule has 0 amide bonds. The molecule has 1 unspecified atom stereocenters. The van der Waals surface area contributed by atoms with Crippen molar-refractivity contribution in [3.05, 3.63) is 0 Å². The van der Waals surface area contributed by atoms with E-state index in [4.69, 9.17) is 9.79 Å². The molecule has 0 aromatic rings. The van der Waals surface area contributed by atoms with Crippen molar-refractivity contribution in [2.75, 3.05) is 0 Å². The molecule has 0 rings (SSSR count). The highest BCUT2D eigenvalue weighted by Gasteiger charge is 2.24. The molecule has 13 heteroatoms. The van der Waals surface area contributed by atoms with E-state index in [-0.39, 0.29) is 0 Å². The van der Waals surface area contributed by atoms with Gasteiger partial charge in [0, 0.05) is 0 Å². The highest BCUT2D eigenvalue weighted by atomic mass is 31.3. The molecule has 0 aliphatic heterocycles. The summed E-state index contributed by atoms with van der Waals surface area (Å²) in [6.07, 6.45) is 0. The number of rotatable bonds is 4. The average molecular weight is 255 g/mol. The molecule has 0 heterocycles.